The first-order valence-corrected chi connectivity index (χ1v) is 9.04. The number of unbranched alkanes of at least 4 members (excludes halogenated alkanes) is 4. The van der Waals surface area contributed by atoms with Gasteiger partial charge in [0.25, 0.3) is 0 Å². The molecule has 0 aromatic rings. The van der Waals surface area contributed by atoms with Crippen LogP contribution in [-0.2, 0) is 14.3 Å². The maximum Gasteiger partial charge on any atom is 0.320 e. The van der Waals surface area contributed by atoms with E-state index in [1.165, 1.54) is 51.4 Å². The summed E-state index contributed by atoms with van der Waals surface area (Å²) in [5.74, 6) is -1.68. The van der Waals surface area contributed by atoms with Crippen LogP contribution in [0.4, 0.5) is 0 Å². The van der Waals surface area contributed by atoms with E-state index in [0.29, 0.717) is 6.42 Å². The average molecular weight is 312 g/mol. The van der Waals surface area contributed by atoms with E-state index < -0.39 is 17.9 Å². The standard InChI is InChI=1S/C18H32O4/c1-2-22-18(21)16(17(19)20)14-10-5-3-4-7-11-15-12-8-6-9-13-15/h15-16H,2-14H2,1H3,(H,19,20). The zero-order chi connectivity index (χ0) is 16.2. The molecular weight excluding hydrogens is 280 g/mol. The Bertz CT molecular complexity index is 321. The minimum absolute atomic E-state index is 0.240. The van der Waals surface area contributed by atoms with Gasteiger partial charge in [-0.25, -0.2) is 0 Å². The molecule has 1 aliphatic rings. The first-order chi connectivity index (χ1) is 10.6. The molecular formula is C18H32O4. The summed E-state index contributed by atoms with van der Waals surface area (Å²) in [6, 6.07) is 0. The van der Waals surface area contributed by atoms with E-state index in [-0.39, 0.29) is 6.61 Å². The van der Waals surface area contributed by atoms with Crippen LogP contribution in [0.25, 0.3) is 0 Å². The summed E-state index contributed by atoms with van der Waals surface area (Å²) in [7, 11) is 0. The summed E-state index contributed by atoms with van der Waals surface area (Å²) in [6.45, 7) is 1.94. The lowest BCUT2D eigenvalue weighted by Gasteiger charge is -2.21. The Labute approximate surface area is 134 Å². The van der Waals surface area contributed by atoms with Crippen molar-refractivity contribution in [3.63, 3.8) is 0 Å². The molecule has 0 amide bonds. The van der Waals surface area contributed by atoms with Crippen LogP contribution >= 0.6 is 0 Å². The Kier molecular flexibility index (Phi) is 9.93. The molecule has 128 valence electrons. The fraction of sp³-hybridized carbons (Fsp3) is 0.889. The van der Waals surface area contributed by atoms with Crippen molar-refractivity contribution >= 4 is 11.9 Å². The van der Waals surface area contributed by atoms with Gasteiger partial charge in [-0.3, -0.25) is 9.59 Å². The van der Waals surface area contributed by atoms with E-state index in [9.17, 15) is 9.59 Å². The first-order valence-electron chi connectivity index (χ1n) is 9.04. The second-order valence-electron chi connectivity index (χ2n) is 6.49. The molecule has 1 atom stereocenters. The Morgan fingerprint density at radius 1 is 1.05 bits per heavy atom. The van der Waals surface area contributed by atoms with Gasteiger partial charge in [0.1, 0.15) is 0 Å². The van der Waals surface area contributed by atoms with Crippen molar-refractivity contribution in [3.05, 3.63) is 0 Å². The van der Waals surface area contributed by atoms with Crippen LogP contribution < -0.4 is 0 Å². The van der Waals surface area contributed by atoms with Gasteiger partial charge in [0.05, 0.1) is 6.61 Å². The van der Waals surface area contributed by atoms with Gasteiger partial charge in [-0.1, -0.05) is 70.6 Å². The zero-order valence-corrected chi connectivity index (χ0v) is 14.0. The Hall–Kier alpha value is -1.06. The van der Waals surface area contributed by atoms with Crippen molar-refractivity contribution in [3.8, 4) is 0 Å². The van der Waals surface area contributed by atoms with E-state index in [0.717, 1.165) is 25.2 Å². The lowest BCUT2D eigenvalue weighted by Crippen LogP contribution is -2.25. The smallest absolute Gasteiger partial charge is 0.320 e. The molecule has 0 aromatic carbocycles. The van der Waals surface area contributed by atoms with Crippen molar-refractivity contribution < 1.29 is 19.4 Å². The minimum atomic E-state index is -1.06. The molecule has 22 heavy (non-hydrogen) atoms. The van der Waals surface area contributed by atoms with Crippen molar-refractivity contribution in [2.75, 3.05) is 6.61 Å². The van der Waals surface area contributed by atoms with Crippen molar-refractivity contribution in [2.24, 2.45) is 11.8 Å². The highest BCUT2D eigenvalue weighted by molar-refractivity contribution is 5.93. The molecule has 0 saturated heterocycles. The maximum atomic E-state index is 11.5. The van der Waals surface area contributed by atoms with E-state index in [2.05, 4.69) is 0 Å². The molecule has 0 spiro atoms. The second-order valence-corrected chi connectivity index (χ2v) is 6.49. The van der Waals surface area contributed by atoms with Gasteiger partial charge in [-0.05, 0) is 19.3 Å². The van der Waals surface area contributed by atoms with Gasteiger partial charge >= 0.3 is 11.9 Å². The molecule has 1 unspecified atom stereocenters. The molecule has 1 saturated carbocycles. The van der Waals surface area contributed by atoms with Gasteiger partial charge in [0.15, 0.2) is 5.92 Å². The van der Waals surface area contributed by atoms with Crippen molar-refractivity contribution in [1.29, 1.82) is 0 Å². The zero-order valence-electron chi connectivity index (χ0n) is 14.0. The van der Waals surface area contributed by atoms with Crippen LogP contribution in [0.5, 0.6) is 0 Å². The summed E-state index contributed by atoms with van der Waals surface area (Å²) in [4.78, 5) is 22.6. The van der Waals surface area contributed by atoms with Crippen LogP contribution in [0.3, 0.4) is 0 Å². The molecule has 0 bridgehead atoms. The van der Waals surface area contributed by atoms with Crippen LogP contribution in [0, 0.1) is 11.8 Å². The number of carbonyl (C=O) groups excluding carboxylic acids is 1. The lowest BCUT2D eigenvalue weighted by atomic mass is 9.85. The van der Waals surface area contributed by atoms with Crippen LogP contribution in [0.15, 0.2) is 0 Å². The van der Waals surface area contributed by atoms with E-state index in [1.807, 2.05) is 0 Å². The molecule has 4 heteroatoms. The molecule has 4 nitrogen and oxygen atoms in total. The van der Waals surface area contributed by atoms with Gasteiger partial charge in [0.2, 0.25) is 0 Å². The number of carboxylic acid groups (broad SMARTS) is 1. The second kappa shape index (κ2) is 11.5. The Morgan fingerprint density at radius 3 is 2.32 bits per heavy atom. The first kappa shape index (κ1) is 19.0. The van der Waals surface area contributed by atoms with E-state index in [1.54, 1.807) is 6.92 Å². The lowest BCUT2D eigenvalue weighted by molar-refractivity contribution is -0.158. The SMILES string of the molecule is CCOC(=O)C(CCCCCCCC1CCCCC1)C(=O)O. The normalized spacial score (nSPS) is 17.1. The van der Waals surface area contributed by atoms with Crippen molar-refractivity contribution in [2.45, 2.75) is 84.0 Å². The van der Waals surface area contributed by atoms with Gasteiger partial charge < -0.3 is 9.84 Å². The van der Waals surface area contributed by atoms with Gasteiger partial charge in [-0.15, -0.1) is 0 Å². The van der Waals surface area contributed by atoms with E-state index in [4.69, 9.17) is 9.84 Å². The third-order valence-corrected chi connectivity index (χ3v) is 4.70. The van der Waals surface area contributed by atoms with Crippen molar-refractivity contribution in [1.82, 2.24) is 0 Å². The topological polar surface area (TPSA) is 63.6 Å². The van der Waals surface area contributed by atoms with Crippen LogP contribution in [0.2, 0.25) is 0 Å². The summed E-state index contributed by atoms with van der Waals surface area (Å²) < 4.78 is 4.81. The largest absolute Gasteiger partial charge is 0.481 e. The highest BCUT2D eigenvalue weighted by Gasteiger charge is 2.26. The quantitative estimate of drug-likeness (QED) is 0.345. The van der Waals surface area contributed by atoms with Crippen LogP contribution in [0.1, 0.15) is 84.0 Å². The Morgan fingerprint density at radius 2 is 1.68 bits per heavy atom. The molecule has 1 aliphatic carbocycles. The van der Waals surface area contributed by atoms with E-state index >= 15 is 0 Å². The molecule has 0 radical (unpaired) electrons. The number of hydrogen-bond acceptors (Lipinski definition) is 3. The predicted octanol–water partition coefficient (Wildman–Crippen LogP) is 4.56. The predicted molar refractivity (Wildman–Crippen MR) is 86.7 cm³/mol. The number of carbonyl (C=O) groups is 2. The number of aliphatic carboxylic acids is 1. The third kappa shape index (κ3) is 7.81. The number of carboxylic acids is 1. The maximum absolute atomic E-state index is 11.5. The van der Waals surface area contributed by atoms with Gasteiger partial charge in [0, 0.05) is 0 Å². The summed E-state index contributed by atoms with van der Waals surface area (Å²) in [5.41, 5.74) is 0. The monoisotopic (exact) mass is 312 g/mol. The highest BCUT2D eigenvalue weighted by atomic mass is 16.5. The highest BCUT2D eigenvalue weighted by Crippen LogP contribution is 2.28. The molecule has 0 aromatic heterocycles. The van der Waals surface area contributed by atoms with Gasteiger partial charge in [-0.2, -0.15) is 0 Å². The van der Waals surface area contributed by atoms with Crippen LogP contribution in [-0.4, -0.2) is 23.7 Å². The number of ether oxygens (including phenoxy) is 1. The number of esters is 1. The minimum Gasteiger partial charge on any atom is -0.481 e. The molecule has 1 N–H and O–H groups in total. The average Bonchev–Trinajstić information content (AvgIpc) is 2.50. The molecule has 1 rings (SSSR count). The number of hydrogen-bond donors (Lipinski definition) is 1. The summed E-state index contributed by atoms with van der Waals surface area (Å²) in [5, 5.41) is 9.05. The third-order valence-electron chi connectivity index (χ3n) is 4.70. The summed E-state index contributed by atoms with van der Waals surface area (Å²) >= 11 is 0. The molecule has 1 fully saturated rings. The number of rotatable bonds is 11. The summed E-state index contributed by atoms with van der Waals surface area (Å²) in [6.07, 6.45) is 14.3. The fourth-order valence-electron chi connectivity index (χ4n) is 3.37. The molecule has 0 heterocycles. The Balaban J connectivity index is 2.03. The molecule has 0 aliphatic heterocycles. The fourth-order valence-corrected chi connectivity index (χ4v) is 3.37.